The minimum atomic E-state index is 0.382. The zero-order valence-corrected chi connectivity index (χ0v) is 53.6. The second kappa shape index (κ2) is 50.6. The first kappa shape index (κ1) is 79.5. The molecular weight excluding hydrogens is 1080 g/mol. The van der Waals surface area contributed by atoms with Crippen molar-refractivity contribution in [3.05, 3.63) is 276 Å². The number of hydrogen-bond donors (Lipinski definition) is 14. The van der Waals surface area contributed by atoms with Crippen LogP contribution < -0.4 is 80.3 Å². The van der Waals surface area contributed by atoms with Gasteiger partial charge in [0.25, 0.3) is 0 Å². The first-order valence-electron chi connectivity index (χ1n) is 30.0. The maximum absolute atomic E-state index is 5.92. The van der Waals surface area contributed by atoms with Gasteiger partial charge in [0, 0.05) is 53.3 Å². The van der Waals surface area contributed by atoms with E-state index >= 15 is 0 Å². The number of rotatable bonds is 11. The van der Waals surface area contributed by atoms with Gasteiger partial charge >= 0.3 is 0 Å². The van der Waals surface area contributed by atoms with Crippen LogP contribution in [0.3, 0.4) is 0 Å². The van der Waals surface area contributed by atoms with E-state index in [1.807, 2.05) is 170 Å². The highest BCUT2D eigenvalue weighted by molar-refractivity contribution is 5.62. The van der Waals surface area contributed by atoms with E-state index in [-0.39, 0.29) is 0 Å². The first-order chi connectivity index (χ1) is 42.6. The summed E-state index contributed by atoms with van der Waals surface area (Å²) in [6.07, 6.45) is 8.69. The van der Waals surface area contributed by atoms with Crippen molar-refractivity contribution in [1.82, 2.24) is 0 Å². The molecule has 1 aliphatic rings. The fourth-order valence-corrected chi connectivity index (χ4v) is 8.87. The smallest absolute Gasteiger partial charge is 0.0314 e. The van der Waals surface area contributed by atoms with Gasteiger partial charge in [-0.25, -0.2) is 0 Å². The monoisotopic (exact) mass is 1190 g/mol. The second-order valence-electron chi connectivity index (χ2n) is 20.8. The Bertz CT molecular complexity index is 2660. The summed E-state index contributed by atoms with van der Waals surface area (Å²) in [5, 5.41) is 0. The quantitative estimate of drug-likeness (QED) is 0.0536. The number of hydrogen-bond acceptors (Lipinski definition) is 14. The van der Waals surface area contributed by atoms with E-state index in [9.17, 15) is 0 Å². The fourth-order valence-electron chi connectivity index (χ4n) is 8.87. The van der Waals surface area contributed by atoms with Crippen LogP contribution in [-0.4, -0.2) is 53.9 Å². The number of nitrogens with two attached hydrogens (primary N) is 14. The highest BCUT2D eigenvalue weighted by Crippen LogP contribution is 2.37. The molecule has 476 valence electrons. The van der Waals surface area contributed by atoms with Crippen LogP contribution in [0.5, 0.6) is 0 Å². The molecule has 0 heterocycles. The van der Waals surface area contributed by atoms with Gasteiger partial charge in [-0.1, -0.05) is 184 Å². The lowest BCUT2D eigenvalue weighted by molar-refractivity contribution is 0.164. The number of nitrogen functional groups attached to an aromatic ring is 6. The molecular formula is C74H110N14. The maximum Gasteiger partial charge on any atom is 0.0314 e. The van der Waals surface area contributed by atoms with E-state index < -0.39 is 0 Å². The fraction of sp³-hybridized carbons (Fsp3) is 0.270. The predicted molar refractivity (Wildman–Crippen MR) is 388 cm³/mol. The molecule has 14 heteroatoms. The van der Waals surface area contributed by atoms with Gasteiger partial charge in [0.2, 0.25) is 0 Å². The summed E-state index contributed by atoms with van der Waals surface area (Å²) in [7, 11) is 6.00. The van der Waals surface area contributed by atoms with E-state index in [2.05, 4.69) is 110 Å². The van der Waals surface area contributed by atoms with Crippen LogP contribution in [0.4, 0.5) is 34.1 Å². The molecule has 9 aromatic carbocycles. The third-order valence-electron chi connectivity index (χ3n) is 13.0. The van der Waals surface area contributed by atoms with Gasteiger partial charge in [-0.05, 0) is 215 Å². The van der Waals surface area contributed by atoms with Crippen LogP contribution in [0.2, 0.25) is 0 Å². The molecule has 2 atom stereocenters. The number of anilines is 6. The molecule has 28 N–H and O–H groups in total. The Morgan fingerprint density at radius 2 is 0.545 bits per heavy atom. The molecule has 0 spiro atoms. The average molecular weight is 1200 g/mol. The van der Waals surface area contributed by atoms with Crippen LogP contribution >= 0.6 is 0 Å². The van der Waals surface area contributed by atoms with Gasteiger partial charge in [-0.3, -0.25) is 0 Å². The molecule has 0 amide bonds. The lowest BCUT2D eigenvalue weighted by atomic mass is 9.70. The highest BCUT2D eigenvalue weighted by atomic mass is 14.7. The molecule has 1 fully saturated rings. The van der Waals surface area contributed by atoms with Crippen LogP contribution in [0, 0.1) is 11.3 Å². The summed E-state index contributed by atoms with van der Waals surface area (Å²) < 4.78 is 0. The van der Waals surface area contributed by atoms with Gasteiger partial charge in [0.05, 0.1) is 0 Å². The van der Waals surface area contributed by atoms with Gasteiger partial charge in [-0.15, -0.1) is 0 Å². The molecule has 2 unspecified atom stereocenters. The van der Waals surface area contributed by atoms with Gasteiger partial charge < -0.3 is 80.3 Å². The largest absolute Gasteiger partial charge is 0.399 e. The Labute approximate surface area is 529 Å². The van der Waals surface area contributed by atoms with E-state index in [1.165, 1.54) is 79.1 Å². The summed E-state index contributed by atoms with van der Waals surface area (Å²) in [4.78, 5) is 0. The maximum atomic E-state index is 5.92. The van der Waals surface area contributed by atoms with Crippen LogP contribution in [0.25, 0.3) is 11.1 Å². The van der Waals surface area contributed by atoms with Crippen molar-refractivity contribution < 1.29 is 0 Å². The number of aryl methyl sites for hydroxylation is 2. The topological polar surface area (TPSA) is 364 Å². The average Bonchev–Trinajstić information content (AvgIpc) is 3.76. The summed E-state index contributed by atoms with van der Waals surface area (Å²) in [5.74, 6) is 0.661. The molecule has 0 aliphatic heterocycles. The summed E-state index contributed by atoms with van der Waals surface area (Å²) in [6, 6.07) is 81.1. The normalized spacial score (nSPS) is 12.6. The predicted octanol–water partition coefficient (Wildman–Crippen LogP) is 11.3. The van der Waals surface area contributed by atoms with E-state index in [4.69, 9.17) is 57.3 Å². The van der Waals surface area contributed by atoms with Crippen molar-refractivity contribution in [2.24, 2.45) is 57.2 Å². The van der Waals surface area contributed by atoms with Crippen molar-refractivity contribution in [1.29, 1.82) is 0 Å². The highest BCUT2D eigenvalue weighted by Gasteiger charge is 2.31. The summed E-state index contributed by atoms with van der Waals surface area (Å²) >= 11 is 0. The third kappa shape index (κ3) is 38.5. The van der Waals surface area contributed by atoms with Crippen molar-refractivity contribution in [2.75, 3.05) is 82.2 Å². The van der Waals surface area contributed by atoms with Crippen LogP contribution in [0.1, 0.15) is 72.9 Å². The van der Waals surface area contributed by atoms with Crippen molar-refractivity contribution >= 4 is 34.1 Å². The molecule has 0 aromatic heterocycles. The molecule has 1 saturated carbocycles. The minimum Gasteiger partial charge on any atom is -0.399 e. The van der Waals surface area contributed by atoms with Gasteiger partial charge in [0.15, 0.2) is 0 Å². The molecule has 14 nitrogen and oxygen atoms in total. The lowest BCUT2D eigenvalue weighted by Crippen LogP contribution is -2.39. The zero-order chi connectivity index (χ0) is 65.8. The Morgan fingerprint density at radius 3 is 0.761 bits per heavy atom. The Balaban J connectivity index is 0.00000101. The lowest BCUT2D eigenvalue weighted by Gasteiger charge is -2.38. The summed E-state index contributed by atoms with van der Waals surface area (Å²) in [5.41, 5.74) is 88.7. The van der Waals surface area contributed by atoms with Crippen molar-refractivity contribution in [2.45, 2.75) is 71.3 Å². The molecule has 10 rings (SSSR count). The molecule has 0 saturated heterocycles. The molecule has 1 aliphatic carbocycles. The Morgan fingerprint density at radius 1 is 0.318 bits per heavy atom. The van der Waals surface area contributed by atoms with E-state index in [0.717, 1.165) is 85.6 Å². The molecule has 0 radical (unpaired) electrons. The summed E-state index contributed by atoms with van der Waals surface area (Å²) in [6.45, 7) is 6.57. The van der Waals surface area contributed by atoms with Crippen molar-refractivity contribution in [3.63, 3.8) is 0 Å². The minimum absolute atomic E-state index is 0.382. The first-order valence-corrected chi connectivity index (χ1v) is 30.0. The molecule has 0 bridgehead atoms. The zero-order valence-electron chi connectivity index (χ0n) is 53.6. The van der Waals surface area contributed by atoms with E-state index in [1.54, 1.807) is 0 Å². The van der Waals surface area contributed by atoms with E-state index in [0.29, 0.717) is 30.5 Å². The molecule has 88 heavy (non-hydrogen) atoms. The molecule has 9 aromatic rings. The van der Waals surface area contributed by atoms with Gasteiger partial charge in [0.1, 0.15) is 0 Å². The van der Waals surface area contributed by atoms with Crippen molar-refractivity contribution in [3.8, 4) is 11.1 Å². The SMILES string of the molecule is CC1(C)CC(N)CC(CN)C1.CN.CN.CN.CN.NCCN.Nc1ccc(CCCc2ccc(N)cc2)cc1.Nc1ccc(Cc2ccc(N)cc2)cc1.Nc1ccc(Cc2ccc(N)cc2)cc1.c1ccc(-c2ccccc2)cc1.c1ccccc1. The van der Waals surface area contributed by atoms with Crippen LogP contribution in [0.15, 0.2) is 243 Å². The number of benzene rings is 9. The second-order valence-corrected chi connectivity index (χ2v) is 20.8. The standard InChI is InChI=1S/C15H18N2.2C13H14N2.C12H10.C9H20N2.C6H6.C2H8N2.4CH5N/c16-14-8-4-12(5-9-14)2-1-3-13-6-10-15(17)11-7-13;2*14-12-5-1-10(2-6-12)9-11-3-7-13(15)8-4-11;1-3-7-11(8-4-1)12-9-5-2-6-10-12;1-9(2)4-7(6-10)3-8(11)5-9;1-2-4-6-5-3-1;3-1-2-4;4*1-2/h4-11H,1-3,16-17H2;2*1-8H,9,14-15H2;1-10H;7-8H,3-6,10-11H2,1-2H3;1-6H;1-4H2;4*2H2,1H3. The third-order valence-corrected chi connectivity index (χ3v) is 13.0. The Kier molecular flexibility index (Phi) is 45.7. The van der Waals surface area contributed by atoms with Crippen LogP contribution in [-0.2, 0) is 25.7 Å². The van der Waals surface area contributed by atoms with Gasteiger partial charge in [-0.2, -0.15) is 0 Å². The Hall–Kier alpha value is -8.54.